The van der Waals surface area contributed by atoms with Crippen molar-refractivity contribution >= 4 is 29.8 Å². The van der Waals surface area contributed by atoms with Crippen LogP contribution >= 0.6 is 0 Å². The van der Waals surface area contributed by atoms with Crippen molar-refractivity contribution in [3.8, 4) is 23.0 Å². The van der Waals surface area contributed by atoms with Gasteiger partial charge in [0, 0.05) is 6.54 Å². The van der Waals surface area contributed by atoms with E-state index in [0.717, 1.165) is 11.1 Å². The number of guanidine groups is 1. The second-order valence-electron chi connectivity index (χ2n) is 7.76. The topological polar surface area (TPSA) is 169 Å². The lowest BCUT2D eigenvalue weighted by Crippen LogP contribution is -2.35. The molecule has 2 aromatic carbocycles. The van der Waals surface area contributed by atoms with Gasteiger partial charge in [0.25, 0.3) is 5.96 Å². The second kappa shape index (κ2) is 14.8. The number of hydrogen-bond donors (Lipinski definition) is 3. The number of benzene rings is 2. The molecule has 2 rings (SSSR count). The number of hydrazone groups is 1. The lowest BCUT2D eigenvalue weighted by atomic mass is 10.1. The number of ether oxygens (including phenoxy) is 5. The molecule has 0 saturated heterocycles. The lowest BCUT2D eigenvalue weighted by Gasteiger charge is -2.20. The lowest BCUT2D eigenvalue weighted by molar-refractivity contribution is -0.485. The van der Waals surface area contributed by atoms with E-state index in [0.29, 0.717) is 41.5 Å². The molecule has 0 amide bonds. The summed E-state index contributed by atoms with van der Waals surface area (Å²) in [5.41, 5.74) is 7.65. The largest absolute Gasteiger partial charge is 0.495 e. The maximum atomic E-state index is 12.4. The van der Waals surface area contributed by atoms with Gasteiger partial charge in [-0.05, 0) is 48.2 Å². The first-order valence-electron chi connectivity index (χ1n) is 11.5. The highest BCUT2D eigenvalue weighted by molar-refractivity contribution is 5.81. The average Bonchev–Trinajstić information content (AvgIpc) is 2.91. The van der Waals surface area contributed by atoms with Crippen molar-refractivity contribution in [3.05, 3.63) is 51.6 Å². The summed E-state index contributed by atoms with van der Waals surface area (Å²) in [7, 11) is 7.47. The van der Waals surface area contributed by atoms with Crippen LogP contribution < -0.4 is 35.3 Å². The van der Waals surface area contributed by atoms with Crippen LogP contribution in [0.25, 0.3) is 12.2 Å². The molecule has 0 saturated carbocycles. The van der Waals surface area contributed by atoms with Crippen LogP contribution in [0.1, 0.15) is 24.0 Å². The molecule has 2 aromatic rings. The van der Waals surface area contributed by atoms with Crippen LogP contribution in [-0.4, -0.2) is 65.1 Å². The molecule has 1 atom stereocenters. The maximum Gasteiger partial charge on any atom is 0.328 e. The number of carbonyl (C=O) groups excluding carboxylic acids is 1. The maximum absolute atomic E-state index is 12.4. The first-order chi connectivity index (χ1) is 18.3. The quantitative estimate of drug-likeness (QED) is 0.0623. The number of nitrogens with two attached hydrogens (primary N) is 1. The predicted octanol–water partition coefficient (Wildman–Crippen LogP) is 2.72. The van der Waals surface area contributed by atoms with Gasteiger partial charge in [-0.25, -0.2) is 14.9 Å². The molecule has 13 heteroatoms. The summed E-state index contributed by atoms with van der Waals surface area (Å²) >= 11 is 0. The third-order valence-electron chi connectivity index (χ3n) is 5.36. The van der Waals surface area contributed by atoms with Crippen molar-refractivity contribution in [2.75, 3.05) is 47.4 Å². The van der Waals surface area contributed by atoms with Gasteiger partial charge in [0.05, 0.1) is 41.2 Å². The van der Waals surface area contributed by atoms with Crippen LogP contribution in [0.15, 0.2) is 35.4 Å². The summed E-state index contributed by atoms with van der Waals surface area (Å²) in [6.07, 6.45) is 4.57. The van der Waals surface area contributed by atoms with E-state index < -0.39 is 17.0 Å². The number of nitro groups is 1. The van der Waals surface area contributed by atoms with Gasteiger partial charge >= 0.3 is 5.97 Å². The Labute approximate surface area is 220 Å². The van der Waals surface area contributed by atoms with Crippen LogP contribution in [0.2, 0.25) is 0 Å². The number of rotatable bonds is 14. The summed E-state index contributed by atoms with van der Waals surface area (Å²) < 4.78 is 26.6. The molecule has 0 spiro atoms. The minimum Gasteiger partial charge on any atom is -0.495 e. The Kier molecular flexibility index (Phi) is 11.5. The molecule has 38 heavy (non-hydrogen) atoms. The van der Waals surface area contributed by atoms with Crippen LogP contribution in [0.4, 0.5) is 5.69 Å². The Morgan fingerprint density at radius 3 is 2.18 bits per heavy atom. The Bertz CT molecular complexity index is 1140. The van der Waals surface area contributed by atoms with Crippen molar-refractivity contribution in [2.24, 2.45) is 10.8 Å². The number of esters is 1. The van der Waals surface area contributed by atoms with Crippen molar-refractivity contribution in [3.63, 3.8) is 0 Å². The SMILES string of the molecule is COC(=O)C(CCCNC(N)=N[N+](=O)[O-])Nc1cc(/C=C\c2cc(OC)c(OC)c(OC)c2)ccc1OC. The van der Waals surface area contributed by atoms with E-state index in [-0.39, 0.29) is 12.5 Å². The molecule has 4 N–H and O–H groups in total. The van der Waals surface area contributed by atoms with Crippen molar-refractivity contribution in [2.45, 2.75) is 18.9 Å². The van der Waals surface area contributed by atoms with E-state index in [1.807, 2.05) is 36.4 Å². The molecule has 0 aromatic heterocycles. The molecule has 0 bridgehead atoms. The van der Waals surface area contributed by atoms with Crippen molar-refractivity contribution in [1.82, 2.24) is 5.32 Å². The van der Waals surface area contributed by atoms with Gasteiger partial charge < -0.3 is 40.1 Å². The van der Waals surface area contributed by atoms with E-state index in [2.05, 4.69) is 15.7 Å². The minimum atomic E-state index is -0.892. The molecule has 0 aliphatic carbocycles. The molecular weight excluding hydrogens is 498 g/mol. The van der Waals surface area contributed by atoms with Crippen LogP contribution in [0, 0.1) is 10.1 Å². The Morgan fingerprint density at radius 1 is 1.00 bits per heavy atom. The number of hydrogen-bond acceptors (Lipinski definition) is 9. The fraction of sp³-hybridized carbons (Fsp3) is 0.360. The van der Waals surface area contributed by atoms with E-state index in [9.17, 15) is 14.9 Å². The van der Waals surface area contributed by atoms with Gasteiger partial charge in [-0.2, -0.15) is 0 Å². The number of methoxy groups -OCH3 is 5. The van der Waals surface area contributed by atoms with Crippen LogP contribution in [0.3, 0.4) is 0 Å². The number of nitrogens with one attached hydrogen (secondary N) is 2. The van der Waals surface area contributed by atoms with Gasteiger partial charge in [0.1, 0.15) is 16.9 Å². The zero-order valence-corrected chi connectivity index (χ0v) is 22.0. The van der Waals surface area contributed by atoms with Gasteiger partial charge in [-0.1, -0.05) is 18.2 Å². The summed E-state index contributed by atoms with van der Waals surface area (Å²) in [5, 5.41) is 18.2. The molecule has 13 nitrogen and oxygen atoms in total. The minimum absolute atomic E-state index is 0.271. The molecule has 0 aliphatic heterocycles. The number of carbonyl (C=O) groups is 1. The van der Waals surface area contributed by atoms with E-state index in [1.54, 1.807) is 27.4 Å². The normalized spacial score (nSPS) is 12.0. The number of anilines is 1. The van der Waals surface area contributed by atoms with E-state index in [4.69, 9.17) is 29.4 Å². The highest BCUT2D eigenvalue weighted by Crippen LogP contribution is 2.38. The third-order valence-corrected chi connectivity index (χ3v) is 5.36. The smallest absolute Gasteiger partial charge is 0.328 e. The van der Waals surface area contributed by atoms with Crippen LogP contribution in [-0.2, 0) is 9.53 Å². The first kappa shape index (κ1) is 29.5. The molecule has 0 fully saturated rings. The van der Waals surface area contributed by atoms with Gasteiger partial charge in [0.15, 0.2) is 16.5 Å². The fourth-order valence-corrected chi connectivity index (χ4v) is 3.56. The Balaban J connectivity index is 2.22. The van der Waals surface area contributed by atoms with Crippen LogP contribution in [0.5, 0.6) is 23.0 Å². The third kappa shape index (κ3) is 8.47. The van der Waals surface area contributed by atoms with Crippen molar-refractivity contribution < 1.29 is 33.5 Å². The Morgan fingerprint density at radius 2 is 1.63 bits per heavy atom. The van der Waals surface area contributed by atoms with Crippen molar-refractivity contribution in [1.29, 1.82) is 0 Å². The molecule has 1 unspecified atom stereocenters. The summed E-state index contributed by atoms with van der Waals surface area (Å²) in [4.78, 5) is 22.8. The molecule has 0 radical (unpaired) electrons. The summed E-state index contributed by atoms with van der Waals surface area (Å²) in [5.74, 6) is 1.31. The monoisotopic (exact) mass is 531 g/mol. The molecule has 0 aliphatic rings. The van der Waals surface area contributed by atoms with E-state index >= 15 is 0 Å². The van der Waals surface area contributed by atoms with Gasteiger partial charge in [0.2, 0.25) is 5.75 Å². The standard InChI is InChI=1S/C25H33N5O8/c1-34-20-11-10-16(8-9-17-14-21(35-2)23(37-4)22(15-17)36-3)13-19(20)28-18(24(31)38-5)7-6-12-27-25(26)29-30(32)33/h8-11,13-15,18,28H,6-7,12H2,1-5H3,(H3,26,27,29)/b9-8-. The molecule has 206 valence electrons. The highest BCUT2D eigenvalue weighted by Gasteiger charge is 2.20. The van der Waals surface area contributed by atoms with Gasteiger partial charge in [-0.15, -0.1) is 0 Å². The molecular formula is C25H33N5O8. The highest BCUT2D eigenvalue weighted by atomic mass is 16.7. The first-order valence-corrected chi connectivity index (χ1v) is 11.5. The zero-order valence-electron chi connectivity index (χ0n) is 22.0. The summed E-state index contributed by atoms with van der Waals surface area (Å²) in [6.45, 7) is 0.271. The molecule has 0 heterocycles. The number of nitrogens with zero attached hydrogens (tertiary/aromatic N) is 2. The predicted molar refractivity (Wildman–Crippen MR) is 143 cm³/mol. The second-order valence-corrected chi connectivity index (χ2v) is 7.76. The average molecular weight is 532 g/mol. The van der Waals surface area contributed by atoms with Gasteiger partial charge in [-0.3, -0.25) is 0 Å². The zero-order chi connectivity index (χ0) is 28.1. The fourth-order valence-electron chi connectivity index (χ4n) is 3.56. The van der Waals surface area contributed by atoms with E-state index in [1.165, 1.54) is 14.2 Å². The Hall–Kier alpha value is -4.68. The summed E-state index contributed by atoms with van der Waals surface area (Å²) in [6, 6.07) is 8.42.